The van der Waals surface area contributed by atoms with Gasteiger partial charge in [0.2, 0.25) is 10.0 Å². The van der Waals surface area contributed by atoms with Crippen molar-refractivity contribution in [2.75, 3.05) is 18.6 Å². The zero-order valence-corrected chi connectivity index (χ0v) is 12.7. The molecule has 0 radical (unpaired) electrons. The van der Waals surface area contributed by atoms with E-state index in [9.17, 15) is 8.42 Å². The molecule has 0 fully saturated rings. The van der Waals surface area contributed by atoms with Crippen molar-refractivity contribution in [3.63, 3.8) is 0 Å². The molecule has 0 spiro atoms. The van der Waals surface area contributed by atoms with Crippen molar-refractivity contribution < 1.29 is 8.42 Å². The Labute approximate surface area is 119 Å². The Morgan fingerprint density at radius 2 is 2.00 bits per heavy atom. The predicted molar refractivity (Wildman–Crippen MR) is 79.3 cm³/mol. The smallest absolute Gasteiger partial charge is 0.215 e. The third-order valence-corrected chi connectivity index (χ3v) is 4.76. The van der Waals surface area contributed by atoms with Gasteiger partial charge in [0.25, 0.3) is 0 Å². The number of thioether (sulfide) groups is 1. The Kier molecular flexibility index (Phi) is 6.35. The Balaban J connectivity index is 2.56. The highest BCUT2D eigenvalue weighted by Crippen LogP contribution is 2.08. The van der Waals surface area contributed by atoms with Gasteiger partial charge in [-0.15, -0.1) is 0 Å². The van der Waals surface area contributed by atoms with Gasteiger partial charge in [0, 0.05) is 6.54 Å². The number of hydrogen-bond donors (Lipinski definition) is 1. The van der Waals surface area contributed by atoms with E-state index in [4.69, 9.17) is 5.26 Å². The fraction of sp³-hybridized carbons (Fsp3) is 0.462. The molecule has 0 aliphatic rings. The van der Waals surface area contributed by atoms with Gasteiger partial charge in [0.1, 0.15) is 0 Å². The van der Waals surface area contributed by atoms with Crippen molar-refractivity contribution in [2.45, 2.75) is 12.7 Å². The van der Waals surface area contributed by atoms with Crippen LogP contribution >= 0.6 is 11.8 Å². The van der Waals surface area contributed by atoms with Gasteiger partial charge >= 0.3 is 0 Å². The van der Waals surface area contributed by atoms with Crippen molar-refractivity contribution in [3.05, 3.63) is 35.4 Å². The van der Waals surface area contributed by atoms with E-state index in [1.807, 2.05) is 19.2 Å². The van der Waals surface area contributed by atoms with E-state index in [2.05, 4.69) is 4.72 Å². The van der Waals surface area contributed by atoms with Crippen LogP contribution in [0.5, 0.6) is 0 Å². The van der Waals surface area contributed by atoms with Gasteiger partial charge in [0.05, 0.1) is 17.4 Å². The lowest BCUT2D eigenvalue weighted by Crippen LogP contribution is -2.30. The van der Waals surface area contributed by atoms with Crippen LogP contribution in [0.3, 0.4) is 0 Å². The van der Waals surface area contributed by atoms with Crippen LogP contribution in [0.2, 0.25) is 0 Å². The minimum atomic E-state index is -3.31. The molecular formula is C13H18N2O2S2. The van der Waals surface area contributed by atoms with Gasteiger partial charge in [-0.25, -0.2) is 13.1 Å². The number of nitrogens with one attached hydrogen (secondary N) is 1. The van der Waals surface area contributed by atoms with Crippen molar-refractivity contribution in [1.29, 1.82) is 5.26 Å². The summed E-state index contributed by atoms with van der Waals surface area (Å²) in [5.74, 6) is 1.19. The summed E-state index contributed by atoms with van der Waals surface area (Å²) in [7, 11) is -3.31. The minimum Gasteiger partial charge on any atom is -0.215 e. The molecule has 0 aromatic heterocycles. The lowest BCUT2D eigenvalue weighted by atomic mass is 10.2. The average Bonchev–Trinajstić information content (AvgIpc) is 2.37. The van der Waals surface area contributed by atoms with Crippen LogP contribution in [0.1, 0.15) is 18.1 Å². The van der Waals surface area contributed by atoms with E-state index in [0.717, 1.165) is 5.75 Å². The third kappa shape index (κ3) is 6.10. The van der Waals surface area contributed by atoms with Gasteiger partial charge in [-0.2, -0.15) is 17.0 Å². The normalized spacial score (nSPS) is 12.9. The number of benzene rings is 1. The van der Waals surface area contributed by atoms with E-state index in [1.165, 1.54) is 0 Å². The zero-order chi connectivity index (χ0) is 14.3. The lowest BCUT2D eigenvalue weighted by molar-refractivity contribution is 0.562. The van der Waals surface area contributed by atoms with Crippen molar-refractivity contribution in [2.24, 2.45) is 5.92 Å². The van der Waals surface area contributed by atoms with Crippen LogP contribution in [0, 0.1) is 17.2 Å². The van der Waals surface area contributed by atoms with E-state index in [-0.39, 0.29) is 5.75 Å². The highest BCUT2D eigenvalue weighted by atomic mass is 32.2. The van der Waals surface area contributed by atoms with Crippen LogP contribution in [0.15, 0.2) is 24.3 Å². The molecule has 1 rings (SSSR count). The molecule has 0 amide bonds. The number of rotatable bonds is 7. The molecule has 0 aliphatic heterocycles. The highest BCUT2D eigenvalue weighted by Gasteiger charge is 2.12. The molecule has 1 N–H and O–H groups in total. The number of sulfonamides is 1. The first-order valence-electron chi connectivity index (χ1n) is 5.92. The summed E-state index contributed by atoms with van der Waals surface area (Å²) >= 11 is 1.70. The maximum atomic E-state index is 11.9. The maximum absolute atomic E-state index is 11.9. The van der Waals surface area contributed by atoms with Gasteiger partial charge in [-0.05, 0) is 35.6 Å². The van der Waals surface area contributed by atoms with Crippen LogP contribution in [-0.4, -0.2) is 27.0 Å². The van der Waals surface area contributed by atoms with Crippen LogP contribution in [0.4, 0.5) is 0 Å². The molecule has 104 valence electrons. The second kappa shape index (κ2) is 7.53. The number of nitrogens with zero attached hydrogens (tertiary/aromatic N) is 1. The topological polar surface area (TPSA) is 70.0 Å². The fourth-order valence-electron chi connectivity index (χ4n) is 1.56. The summed E-state index contributed by atoms with van der Waals surface area (Å²) in [6.45, 7) is 2.47. The van der Waals surface area contributed by atoms with Gasteiger partial charge < -0.3 is 0 Å². The largest absolute Gasteiger partial charge is 0.215 e. The third-order valence-electron chi connectivity index (χ3n) is 2.54. The fourth-order valence-corrected chi connectivity index (χ4v) is 3.52. The summed E-state index contributed by atoms with van der Waals surface area (Å²) in [6, 6.07) is 8.60. The Morgan fingerprint density at radius 3 is 2.53 bits per heavy atom. The van der Waals surface area contributed by atoms with E-state index >= 15 is 0 Å². The molecular weight excluding hydrogens is 280 g/mol. The SMILES string of the molecule is CSCC(C)CNS(=O)(=O)Cc1ccc(C#N)cc1. The van der Waals surface area contributed by atoms with E-state index < -0.39 is 10.0 Å². The summed E-state index contributed by atoms with van der Waals surface area (Å²) < 4.78 is 26.4. The van der Waals surface area contributed by atoms with E-state index in [0.29, 0.717) is 23.6 Å². The Hall–Kier alpha value is -1.03. The molecule has 19 heavy (non-hydrogen) atoms. The molecule has 1 atom stereocenters. The highest BCUT2D eigenvalue weighted by molar-refractivity contribution is 7.98. The predicted octanol–water partition coefficient (Wildman–Crippen LogP) is 1.98. The summed E-state index contributed by atoms with van der Waals surface area (Å²) in [5, 5.41) is 8.67. The van der Waals surface area contributed by atoms with Crippen LogP contribution in [-0.2, 0) is 15.8 Å². The molecule has 0 bridgehead atoms. The molecule has 1 unspecified atom stereocenters. The first kappa shape index (κ1) is 16.0. The Morgan fingerprint density at radius 1 is 1.37 bits per heavy atom. The van der Waals surface area contributed by atoms with Crippen molar-refractivity contribution >= 4 is 21.8 Å². The lowest BCUT2D eigenvalue weighted by Gasteiger charge is -2.11. The summed E-state index contributed by atoms with van der Waals surface area (Å²) in [5.41, 5.74) is 1.21. The first-order chi connectivity index (χ1) is 8.96. The second-order valence-electron chi connectivity index (χ2n) is 4.48. The van der Waals surface area contributed by atoms with Gasteiger partial charge in [-0.3, -0.25) is 0 Å². The van der Waals surface area contributed by atoms with Crippen molar-refractivity contribution in [1.82, 2.24) is 4.72 Å². The molecule has 0 heterocycles. The molecule has 0 saturated heterocycles. The minimum absolute atomic E-state index is 0.0509. The van der Waals surface area contributed by atoms with E-state index in [1.54, 1.807) is 36.0 Å². The summed E-state index contributed by atoms with van der Waals surface area (Å²) in [6.07, 6.45) is 2.00. The van der Waals surface area contributed by atoms with Crippen LogP contribution < -0.4 is 4.72 Å². The number of nitriles is 1. The quantitative estimate of drug-likeness (QED) is 0.835. The summed E-state index contributed by atoms with van der Waals surface area (Å²) in [4.78, 5) is 0. The van der Waals surface area contributed by atoms with Crippen LogP contribution in [0.25, 0.3) is 0 Å². The maximum Gasteiger partial charge on any atom is 0.215 e. The zero-order valence-electron chi connectivity index (χ0n) is 11.1. The Bertz CT molecular complexity index is 533. The standard InChI is InChI=1S/C13H18N2O2S2/c1-11(9-18-2)8-15-19(16,17)10-13-5-3-12(7-14)4-6-13/h3-6,11,15H,8-10H2,1-2H3. The molecule has 1 aromatic carbocycles. The van der Waals surface area contributed by atoms with Gasteiger partial charge in [-0.1, -0.05) is 19.1 Å². The average molecular weight is 298 g/mol. The monoisotopic (exact) mass is 298 g/mol. The first-order valence-corrected chi connectivity index (χ1v) is 8.97. The molecule has 6 heteroatoms. The molecule has 4 nitrogen and oxygen atoms in total. The van der Waals surface area contributed by atoms with Gasteiger partial charge in [0.15, 0.2) is 0 Å². The van der Waals surface area contributed by atoms with Crippen molar-refractivity contribution in [3.8, 4) is 6.07 Å². The molecule has 0 aliphatic carbocycles. The molecule has 0 saturated carbocycles. The number of hydrogen-bond acceptors (Lipinski definition) is 4. The molecule has 1 aromatic rings. The second-order valence-corrected chi connectivity index (χ2v) is 7.19.